The summed E-state index contributed by atoms with van der Waals surface area (Å²) in [5.41, 5.74) is 0.826. The topological polar surface area (TPSA) is 83.2 Å². The van der Waals surface area contributed by atoms with Gasteiger partial charge in [-0.25, -0.2) is 4.98 Å². The summed E-state index contributed by atoms with van der Waals surface area (Å²) in [7, 11) is -3.94. The Balaban J connectivity index is 1.91. The van der Waals surface area contributed by atoms with Gasteiger partial charge >= 0.3 is 10.1 Å². The molecule has 112 valence electrons. The minimum atomic E-state index is -3.94. The van der Waals surface area contributed by atoms with E-state index in [4.69, 9.17) is 4.18 Å². The van der Waals surface area contributed by atoms with Crippen LogP contribution < -0.4 is 8.91 Å². The van der Waals surface area contributed by atoms with Crippen LogP contribution >= 0.6 is 0 Å². The summed E-state index contributed by atoms with van der Waals surface area (Å²) < 4.78 is 29.6. The fourth-order valence-electron chi connectivity index (χ4n) is 2.03. The van der Waals surface area contributed by atoms with E-state index in [1.54, 1.807) is 42.5 Å². The molecular formula is C15H12N2O4S. The van der Waals surface area contributed by atoms with E-state index in [0.29, 0.717) is 15.8 Å². The lowest BCUT2D eigenvalue weighted by Crippen LogP contribution is -2.35. The van der Waals surface area contributed by atoms with Crippen LogP contribution in [-0.2, 0) is 15.9 Å². The van der Waals surface area contributed by atoms with Gasteiger partial charge in [0.1, 0.15) is 11.3 Å². The molecule has 22 heavy (non-hydrogen) atoms. The van der Waals surface area contributed by atoms with Crippen molar-refractivity contribution in [3.05, 3.63) is 71.7 Å². The Bertz CT molecular complexity index is 911. The second-order valence-corrected chi connectivity index (χ2v) is 6.20. The van der Waals surface area contributed by atoms with Gasteiger partial charge in [0, 0.05) is 6.07 Å². The summed E-state index contributed by atoms with van der Waals surface area (Å²) in [6, 6.07) is 14.8. The van der Waals surface area contributed by atoms with Crippen molar-refractivity contribution in [3.8, 4) is 5.75 Å². The zero-order valence-corrected chi connectivity index (χ0v) is 12.2. The van der Waals surface area contributed by atoms with Gasteiger partial charge in [-0.15, -0.1) is 0 Å². The predicted molar refractivity (Wildman–Crippen MR) is 80.4 cm³/mol. The lowest BCUT2D eigenvalue weighted by Gasteiger charge is -2.08. The maximum atomic E-state index is 12.2. The number of nitrogens with zero attached hydrogens (tertiary/aromatic N) is 2. The monoisotopic (exact) mass is 316 g/mol. The Kier molecular flexibility index (Phi) is 3.64. The van der Waals surface area contributed by atoms with Gasteiger partial charge in [0.05, 0.1) is 6.20 Å². The van der Waals surface area contributed by atoms with Crippen molar-refractivity contribution >= 4 is 21.2 Å². The molecule has 0 atom stereocenters. The van der Waals surface area contributed by atoms with Gasteiger partial charge in [0.25, 0.3) is 0 Å². The van der Waals surface area contributed by atoms with E-state index in [0.717, 1.165) is 0 Å². The molecule has 3 aromatic rings. The second-order valence-electron chi connectivity index (χ2n) is 4.63. The Morgan fingerprint density at radius 3 is 2.50 bits per heavy atom. The first-order valence-electron chi connectivity index (χ1n) is 6.48. The van der Waals surface area contributed by atoms with E-state index in [1.165, 1.54) is 18.3 Å². The minimum Gasteiger partial charge on any atom is -0.618 e. The molecule has 1 heterocycles. The smallest absolute Gasteiger partial charge is 0.319 e. The average Bonchev–Trinajstić information content (AvgIpc) is 2.51. The number of para-hydroxylation sites is 3. The first-order chi connectivity index (χ1) is 10.6. The first-order valence-corrected chi connectivity index (χ1v) is 8.06. The third-order valence-corrected chi connectivity index (χ3v) is 4.10. The average molecular weight is 316 g/mol. The Hall–Kier alpha value is -2.67. The molecule has 0 N–H and O–H groups in total. The highest BCUT2D eigenvalue weighted by molar-refractivity contribution is 7.86. The zero-order valence-electron chi connectivity index (χ0n) is 11.4. The summed E-state index contributed by atoms with van der Waals surface area (Å²) in [6.07, 6.45) is 1.25. The molecule has 0 aliphatic rings. The molecule has 3 rings (SSSR count). The van der Waals surface area contributed by atoms with Crippen LogP contribution in [-0.4, -0.2) is 13.4 Å². The van der Waals surface area contributed by atoms with Gasteiger partial charge in [-0.3, -0.25) is 0 Å². The number of hydrogen-bond acceptors (Lipinski definition) is 5. The maximum Gasteiger partial charge on any atom is 0.319 e. The number of hydrogen-bond donors (Lipinski definition) is 0. The van der Waals surface area contributed by atoms with Crippen LogP contribution in [0.15, 0.2) is 60.8 Å². The molecule has 0 fully saturated rings. The largest absolute Gasteiger partial charge is 0.618 e. The van der Waals surface area contributed by atoms with Gasteiger partial charge < -0.3 is 9.39 Å². The maximum absolute atomic E-state index is 12.2. The van der Waals surface area contributed by atoms with Crippen molar-refractivity contribution < 1.29 is 17.3 Å². The van der Waals surface area contributed by atoms with Gasteiger partial charge in [0.2, 0.25) is 11.2 Å². The molecule has 0 unspecified atom stereocenters. The van der Waals surface area contributed by atoms with Gasteiger partial charge in [0.15, 0.2) is 5.75 Å². The number of fused-ring (bicyclic) bond motifs is 1. The molecular weight excluding hydrogens is 304 g/mol. The number of benzene rings is 2. The van der Waals surface area contributed by atoms with Gasteiger partial charge in [-0.2, -0.15) is 13.1 Å². The normalized spacial score (nSPS) is 11.5. The van der Waals surface area contributed by atoms with Crippen LogP contribution in [0.4, 0.5) is 0 Å². The van der Waals surface area contributed by atoms with Crippen molar-refractivity contribution in [2.45, 2.75) is 5.75 Å². The second kappa shape index (κ2) is 5.61. The zero-order chi connectivity index (χ0) is 15.6. The Labute approximate surface area is 127 Å². The van der Waals surface area contributed by atoms with Crippen LogP contribution in [0.5, 0.6) is 5.75 Å². The van der Waals surface area contributed by atoms with Gasteiger partial charge in [-0.05, 0) is 18.2 Å². The Morgan fingerprint density at radius 1 is 1.05 bits per heavy atom. The standard InChI is InChI=1S/C15H12N2O4S/c18-17-12(10-16-14-8-4-5-9-15(14)17)11-22(19,20)21-13-6-2-1-3-7-13/h1-10H,11H2. The lowest BCUT2D eigenvalue weighted by atomic mass is 10.3. The van der Waals surface area contributed by atoms with Gasteiger partial charge in [-0.1, -0.05) is 30.3 Å². The molecule has 0 spiro atoms. The van der Waals surface area contributed by atoms with E-state index in [-0.39, 0.29) is 11.4 Å². The highest BCUT2D eigenvalue weighted by Gasteiger charge is 2.21. The predicted octanol–water partition coefficient (Wildman–Crippen LogP) is 1.78. The van der Waals surface area contributed by atoms with Crippen LogP contribution in [0.3, 0.4) is 0 Å². The molecule has 0 saturated heterocycles. The summed E-state index contributed by atoms with van der Waals surface area (Å²) in [5, 5.41) is 12.2. The van der Waals surface area contributed by atoms with E-state index < -0.39 is 15.9 Å². The molecule has 0 aliphatic heterocycles. The molecule has 0 amide bonds. The lowest BCUT2D eigenvalue weighted by molar-refractivity contribution is -0.585. The minimum absolute atomic E-state index is 0.00892. The van der Waals surface area contributed by atoms with Crippen LogP contribution in [0, 0.1) is 5.21 Å². The summed E-state index contributed by atoms with van der Waals surface area (Å²) in [5.74, 6) is -0.350. The molecule has 2 aromatic carbocycles. The van der Waals surface area contributed by atoms with Crippen LogP contribution in [0.25, 0.3) is 11.0 Å². The third-order valence-electron chi connectivity index (χ3n) is 3.01. The van der Waals surface area contributed by atoms with Crippen molar-refractivity contribution in [2.24, 2.45) is 0 Å². The molecule has 0 bridgehead atoms. The number of aromatic nitrogens is 2. The molecule has 0 saturated carbocycles. The quantitative estimate of drug-likeness (QED) is 0.416. The summed E-state index contributed by atoms with van der Waals surface area (Å²) in [6.45, 7) is 0. The molecule has 1 aromatic heterocycles. The van der Waals surface area contributed by atoms with Crippen molar-refractivity contribution in [3.63, 3.8) is 0 Å². The third kappa shape index (κ3) is 2.99. The summed E-state index contributed by atoms with van der Waals surface area (Å²) >= 11 is 0. The Morgan fingerprint density at radius 2 is 1.73 bits per heavy atom. The van der Waals surface area contributed by atoms with Crippen molar-refractivity contribution in [2.75, 3.05) is 0 Å². The molecule has 7 heteroatoms. The highest BCUT2D eigenvalue weighted by Crippen LogP contribution is 2.14. The van der Waals surface area contributed by atoms with E-state index in [1.807, 2.05) is 0 Å². The van der Waals surface area contributed by atoms with E-state index >= 15 is 0 Å². The van der Waals surface area contributed by atoms with E-state index in [9.17, 15) is 13.6 Å². The van der Waals surface area contributed by atoms with Crippen LogP contribution in [0.2, 0.25) is 0 Å². The SMILES string of the molecule is O=S(=O)(Cc1cnc2ccccc2[n+]1[O-])Oc1ccccc1. The number of rotatable bonds is 4. The summed E-state index contributed by atoms with van der Waals surface area (Å²) in [4.78, 5) is 4.09. The molecule has 0 aliphatic carbocycles. The fraction of sp³-hybridized carbons (Fsp3) is 0.0667. The molecule has 0 radical (unpaired) electrons. The molecule has 6 nitrogen and oxygen atoms in total. The first kappa shape index (κ1) is 14.3. The fourth-order valence-corrected chi connectivity index (χ4v) is 3.04. The highest BCUT2D eigenvalue weighted by atomic mass is 32.2. The van der Waals surface area contributed by atoms with Crippen molar-refractivity contribution in [1.29, 1.82) is 0 Å². The van der Waals surface area contributed by atoms with Crippen molar-refractivity contribution in [1.82, 2.24) is 4.98 Å². The van der Waals surface area contributed by atoms with E-state index in [2.05, 4.69) is 4.98 Å². The van der Waals surface area contributed by atoms with Crippen LogP contribution in [0.1, 0.15) is 5.69 Å².